The standard InChI is InChI=1S/C16H13BrN4O/c17-12-3-1-11(2-4-12)7-8-18-16(22)21-13-5-6-14-15(9-13)20-10-19-14/h1-10H,(H,19,20)(H2,18,21,22)/b8-7+. The summed E-state index contributed by atoms with van der Waals surface area (Å²) in [5, 5.41) is 5.43. The zero-order chi connectivity index (χ0) is 15.4. The zero-order valence-corrected chi connectivity index (χ0v) is 13.1. The molecule has 0 aliphatic heterocycles. The lowest BCUT2D eigenvalue weighted by atomic mass is 10.2. The Labute approximate surface area is 135 Å². The molecule has 3 N–H and O–H groups in total. The number of urea groups is 1. The summed E-state index contributed by atoms with van der Waals surface area (Å²) in [4.78, 5) is 19.0. The number of nitrogens with zero attached hydrogens (tertiary/aromatic N) is 1. The SMILES string of the molecule is O=C(N/C=C/c1ccc(Br)cc1)Nc1ccc2nc[nH]c2c1. The van der Waals surface area contributed by atoms with E-state index in [1.54, 1.807) is 18.6 Å². The molecule has 2 aromatic carbocycles. The molecule has 0 radical (unpaired) electrons. The van der Waals surface area contributed by atoms with Crippen LogP contribution in [-0.2, 0) is 0 Å². The Balaban J connectivity index is 1.58. The molecule has 0 saturated heterocycles. The molecule has 0 spiro atoms. The Morgan fingerprint density at radius 1 is 1.18 bits per heavy atom. The highest BCUT2D eigenvalue weighted by molar-refractivity contribution is 9.10. The topological polar surface area (TPSA) is 69.8 Å². The van der Waals surface area contributed by atoms with Gasteiger partial charge in [-0.3, -0.25) is 0 Å². The monoisotopic (exact) mass is 356 g/mol. The van der Waals surface area contributed by atoms with Gasteiger partial charge < -0.3 is 15.6 Å². The van der Waals surface area contributed by atoms with Gasteiger partial charge in [-0.1, -0.05) is 28.1 Å². The maximum atomic E-state index is 11.8. The minimum Gasteiger partial charge on any atom is -0.345 e. The van der Waals surface area contributed by atoms with Gasteiger partial charge in [0.05, 0.1) is 17.4 Å². The van der Waals surface area contributed by atoms with Crippen molar-refractivity contribution in [3.8, 4) is 0 Å². The van der Waals surface area contributed by atoms with Crippen LogP contribution in [0.25, 0.3) is 17.1 Å². The molecular weight excluding hydrogens is 344 g/mol. The van der Waals surface area contributed by atoms with E-state index in [2.05, 4.69) is 36.5 Å². The van der Waals surface area contributed by atoms with Crippen molar-refractivity contribution in [3.63, 3.8) is 0 Å². The summed E-state index contributed by atoms with van der Waals surface area (Å²) in [5.74, 6) is 0. The quantitative estimate of drug-likeness (QED) is 0.660. The number of hydrogen-bond donors (Lipinski definition) is 3. The number of aromatic nitrogens is 2. The second kappa shape index (κ2) is 6.44. The molecule has 1 aromatic heterocycles. The molecular formula is C16H13BrN4O. The smallest absolute Gasteiger partial charge is 0.323 e. The summed E-state index contributed by atoms with van der Waals surface area (Å²) < 4.78 is 1.02. The minimum atomic E-state index is -0.299. The Morgan fingerprint density at radius 2 is 2.00 bits per heavy atom. The lowest BCUT2D eigenvalue weighted by Gasteiger charge is -2.04. The Morgan fingerprint density at radius 3 is 2.82 bits per heavy atom. The number of fused-ring (bicyclic) bond motifs is 1. The minimum absolute atomic E-state index is 0.299. The number of nitrogens with one attached hydrogen (secondary N) is 3. The number of carbonyl (C=O) groups excluding carboxylic acids is 1. The first-order valence-corrected chi connectivity index (χ1v) is 7.43. The van der Waals surface area contributed by atoms with Crippen molar-refractivity contribution < 1.29 is 4.79 Å². The molecule has 0 aliphatic rings. The second-order valence-corrected chi connectivity index (χ2v) is 5.53. The summed E-state index contributed by atoms with van der Waals surface area (Å²) in [6, 6.07) is 13.0. The summed E-state index contributed by atoms with van der Waals surface area (Å²) in [5.41, 5.74) is 3.44. The van der Waals surface area contributed by atoms with E-state index in [-0.39, 0.29) is 6.03 Å². The highest BCUT2D eigenvalue weighted by Gasteiger charge is 2.01. The van der Waals surface area contributed by atoms with E-state index < -0.39 is 0 Å². The molecule has 2 amide bonds. The van der Waals surface area contributed by atoms with Crippen molar-refractivity contribution in [3.05, 3.63) is 65.0 Å². The first-order chi connectivity index (χ1) is 10.7. The maximum absolute atomic E-state index is 11.8. The van der Waals surface area contributed by atoms with E-state index in [0.717, 1.165) is 21.1 Å². The Kier molecular flexibility index (Phi) is 4.20. The number of halogens is 1. The second-order valence-electron chi connectivity index (χ2n) is 4.62. The molecule has 0 bridgehead atoms. The van der Waals surface area contributed by atoms with Crippen molar-refractivity contribution in [2.24, 2.45) is 0 Å². The third-order valence-electron chi connectivity index (χ3n) is 3.04. The van der Waals surface area contributed by atoms with Crippen molar-refractivity contribution in [2.45, 2.75) is 0 Å². The molecule has 0 saturated carbocycles. The molecule has 6 heteroatoms. The predicted molar refractivity (Wildman–Crippen MR) is 91.4 cm³/mol. The molecule has 1 heterocycles. The number of rotatable bonds is 3. The number of anilines is 1. The molecule has 0 aliphatic carbocycles. The van der Waals surface area contributed by atoms with Crippen molar-refractivity contribution in [1.82, 2.24) is 15.3 Å². The number of benzene rings is 2. The number of hydrogen-bond acceptors (Lipinski definition) is 2. The van der Waals surface area contributed by atoms with Crippen molar-refractivity contribution in [1.29, 1.82) is 0 Å². The summed E-state index contributed by atoms with van der Waals surface area (Å²) >= 11 is 3.38. The molecule has 110 valence electrons. The molecule has 22 heavy (non-hydrogen) atoms. The fourth-order valence-electron chi connectivity index (χ4n) is 1.97. The van der Waals surface area contributed by atoms with Gasteiger partial charge in [0.1, 0.15) is 0 Å². The first-order valence-electron chi connectivity index (χ1n) is 6.63. The van der Waals surface area contributed by atoms with E-state index in [9.17, 15) is 4.79 Å². The summed E-state index contributed by atoms with van der Waals surface area (Å²) in [7, 11) is 0. The lowest BCUT2D eigenvalue weighted by molar-refractivity contribution is 0.255. The van der Waals surface area contributed by atoms with Crippen LogP contribution >= 0.6 is 15.9 Å². The van der Waals surface area contributed by atoms with Crippen LogP contribution < -0.4 is 10.6 Å². The van der Waals surface area contributed by atoms with Gasteiger partial charge in [0.15, 0.2) is 0 Å². The number of imidazole rings is 1. The van der Waals surface area contributed by atoms with Gasteiger partial charge in [0.25, 0.3) is 0 Å². The van der Waals surface area contributed by atoms with Crippen LogP contribution in [-0.4, -0.2) is 16.0 Å². The van der Waals surface area contributed by atoms with Gasteiger partial charge in [-0.05, 0) is 42.0 Å². The third-order valence-corrected chi connectivity index (χ3v) is 3.57. The van der Waals surface area contributed by atoms with E-state index in [1.807, 2.05) is 42.5 Å². The van der Waals surface area contributed by atoms with Crippen LogP contribution in [0.2, 0.25) is 0 Å². The van der Waals surface area contributed by atoms with Crippen LogP contribution in [0.4, 0.5) is 10.5 Å². The van der Waals surface area contributed by atoms with E-state index >= 15 is 0 Å². The van der Waals surface area contributed by atoms with Crippen molar-refractivity contribution >= 4 is 44.8 Å². The average Bonchev–Trinajstić information content (AvgIpc) is 2.97. The fraction of sp³-hybridized carbons (Fsp3) is 0. The van der Waals surface area contributed by atoms with Crippen LogP contribution in [0.1, 0.15) is 5.56 Å². The number of aromatic amines is 1. The highest BCUT2D eigenvalue weighted by atomic mass is 79.9. The first kappa shape index (κ1) is 14.3. The Hall–Kier alpha value is -2.60. The van der Waals surface area contributed by atoms with E-state index in [0.29, 0.717) is 5.69 Å². The van der Waals surface area contributed by atoms with Gasteiger partial charge in [-0.15, -0.1) is 0 Å². The van der Waals surface area contributed by atoms with Gasteiger partial charge in [0, 0.05) is 16.4 Å². The normalized spacial score (nSPS) is 11.0. The Bertz CT molecular complexity index is 824. The number of H-pyrrole nitrogens is 1. The average molecular weight is 357 g/mol. The predicted octanol–water partition coefficient (Wildman–Crippen LogP) is 4.12. The lowest BCUT2D eigenvalue weighted by Crippen LogP contribution is -2.23. The molecule has 5 nitrogen and oxygen atoms in total. The van der Waals surface area contributed by atoms with Gasteiger partial charge >= 0.3 is 6.03 Å². The van der Waals surface area contributed by atoms with Crippen molar-refractivity contribution in [2.75, 3.05) is 5.32 Å². The van der Waals surface area contributed by atoms with E-state index in [4.69, 9.17) is 0 Å². The van der Waals surface area contributed by atoms with Gasteiger partial charge in [-0.2, -0.15) is 0 Å². The molecule has 0 atom stereocenters. The summed E-state index contributed by atoms with van der Waals surface area (Å²) in [6.07, 6.45) is 5.05. The highest BCUT2D eigenvalue weighted by Crippen LogP contribution is 2.15. The van der Waals surface area contributed by atoms with Crippen LogP contribution in [0.15, 0.2) is 59.5 Å². The third kappa shape index (κ3) is 3.53. The van der Waals surface area contributed by atoms with Gasteiger partial charge in [0.2, 0.25) is 0 Å². The number of carbonyl (C=O) groups is 1. The largest absolute Gasteiger partial charge is 0.345 e. The molecule has 0 fully saturated rings. The fourth-order valence-corrected chi connectivity index (χ4v) is 2.23. The van der Waals surface area contributed by atoms with Gasteiger partial charge in [-0.25, -0.2) is 9.78 Å². The maximum Gasteiger partial charge on any atom is 0.323 e. The summed E-state index contributed by atoms with van der Waals surface area (Å²) in [6.45, 7) is 0. The van der Waals surface area contributed by atoms with Crippen LogP contribution in [0.5, 0.6) is 0 Å². The number of amides is 2. The molecule has 3 aromatic rings. The zero-order valence-electron chi connectivity index (χ0n) is 11.5. The van der Waals surface area contributed by atoms with Crippen LogP contribution in [0, 0.1) is 0 Å². The van der Waals surface area contributed by atoms with E-state index in [1.165, 1.54) is 0 Å². The molecule has 0 unspecified atom stereocenters. The van der Waals surface area contributed by atoms with Crippen LogP contribution in [0.3, 0.4) is 0 Å². The molecule has 3 rings (SSSR count).